The molecule has 1 saturated heterocycles. The summed E-state index contributed by atoms with van der Waals surface area (Å²) in [5.74, 6) is -2.87. The van der Waals surface area contributed by atoms with Crippen LogP contribution in [0.4, 0.5) is 0 Å². The molecule has 8 heteroatoms. The Morgan fingerprint density at radius 1 is 1.09 bits per heavy atom. The van der Waals surface area contributed by atoms with E-state index in [0.29, 0.717) is 16.5 Å². The van der Waals surface area contributed by atoms with Gasteiger partial charge in [-0.1, -0.05) is 47.5 Å². The lowest BCUT2D eigenvalue weighted by Crippen LogP contribution is -2.55. The van der Waals surface area contributed by atoms with Gasteiger partial charge in [0.25, 0.3) is 0 Å². The van der Waals surface area contributed by atoms with Crippen molar-refractivity contribution in [3.63, 3.8) is 0 Å². The van der Waals surface area contributed by atoms with E-state index in [1.165, 1.54) is 0 Å². The maximum Gasteiger partial charge on any atom is 0.329 e. The summed E-state index contributed by atoms with van der Waals surface area (Å²) >= 11 is 12.5. The van der Waals surface area contributed by atoms with Gasteiger partial charge in [0, 0.05) is 21.9 Å². The summed E-state index contributed by atoms with van der Waals surface area (Å²) in [6.45, 7) is 1.94. The van der Waals surface area contributed by atoms with E-state index in [-0.39, 0.29) is 30.8 Å². The molecule has 0 bridgehead atoms. The van der Waals surface area contributed by atoms with Crippen molar-refractivity contribution in [3.05, 3.63) is 69.7 Å². The van der Waals surface area contributed by atoms with Crippen molar-refractivity contribution in [2.24, 2.45) is 11.8 Å². The quantitative estimate of drug-likeness (QED) is 0.481. The van der Waals surface area contributed by atoms with Crippen molar-refractivity contribution in [1.82, 2.24) is 4.90 Å². The molecule has 1 amide bonds. The number of rotatable bonds is 8. The van der Waals surface area contributed by atoms with Gasteiger partial charge >= 0.3 is 11.9 Å². The first-order valence-corrected chi connectivity index (χ1v) is 12.3. The molecule has 34 heavy (non-hydrogen) atoms. The first kappa shape index (κ1) is 24.6. The van der Waals surface area contributed by atoms with Gasteiger partial charge in [-0.15, -0.1) is 0 Å². The van der Waals surface area contributed by atoms with Gasteiger partial charge in [-0.25, -0.2) is 4.79 Å². The molecule has 4 rings (SSSR count). The van der Waals surface area contributed by atoms with Crippen molar-refractivity contribution in [2.75, 3.05) is 6.61 Å². The lowest BCUT2D eigenvalue weighted by molar-refractivity contribution is -0.164. The second-order valence-electron chi connectivity index (χ2n) is 8.97. The minimum absolute atomic E-state index is 0.0126. The number of hydrogen-bond acceptors (Lipinski definition) is 4. The SMILES string of the molecule is CCOC(=O)[C@H](C1CC1)N1C(=O)[C@@H](CC(=O)O)C[C@H](c2cccc(Cl)c2)[C@H]1c1ccc(Cl)cc1. The summed E-state index contributed by atoms with van der Waals surface area (Å²) in [7, 11) is 0. The summed E-state index contributed by atoms with van der Waals surface area (Å²) < 4.78 is 5.40. The minimum atomic E-state index is -1.05. The molecule has 0 radical (unpaired) electrons. The second-order valence-corrected chi connectivity index (χ2v) is 9.84. The largest absolute Gasteiger partial charge is 0.481 e. The maximum atomic E-state index is 13.8. The number of aliphatic carboxylic acids is 1. The molecular formula is C26H27Cl2NO5. The van der Waals surface area contributed by atoms with Gasteiger partial charge in [0.05, 0.1) is 19.1 Å². The van der Waals surface area contributed by atoms with E-state index in [9.17, 15) is 19.5 Å². The summed E-state index contributed by atoms with van der Waals surface area (Å²) in [6.07, 6.45) is 1.65. The summed E-state index contributed by atoms with van der Waals surface area (Å²) in [4.78, 5) is 40.3. The van der Waals surface area contributed by atoms with Crippen LogP contribution < -0.4 is 0 Å². The number of ether oxygens (including phenoxy) is 1. The molecule has 180 valence electrons. The third-order valence-corrected chi connectivity index (χ3v) is 7.12. The highest BCUT2D eigenvalue weighted by Crippen LogP contribution is 2.50. The Balaban J connectivity index is 1.88. The summed E-state index contributed by atoms with van der Waals surface area (Å²) in [5, 5.41) is 10.7. The van der Waals surface area contributed by atoms with Crippen LogP contribution in [0.15, 0.2) is 48.5 Å². The predicted octanol–water partition coefficient (Wildman–Crippen LogP) is 5.48. The highest BCUT2D eigenvalue weighted by molar-refractivity contribution is 6.30. The van der Waals surface area contributed by atoms with Gasteiger partial charge in [-0.2, -0.15) is 0 Å². The van der Waals surface area contributed by atoms with E-state index in [1.807, 2.05) is 30.3 Å². The zero-order chi connectivity index (χ0) is 24.4. The number of carboxylic acids is 1. The van der Waals surface area contributed by atoms with E-state index >= 15 is 0 Å². The molecule has 1 saturated carbocycles. The van der Waals surface area contributed by atoms with Crippen LogP contribution in [0.25, 0.3) is 0 Å². The average molecular weight is 504 g/mol. The number of amides is 1. The van der Waals surface area contributed by atoms with Gasteiger partial charge in [0.1, 0.15) is 6.04 Å². The Morgan fingerprint density at radius 3 is 2.38 bits per heavy atom. The number of carboxylic acid groups (broad SMARTS) is 1. The van der Waals surface area contributed by atoms with E-state index < -0.39 is 29.9 Å². The summed E-state index contributed by atoms with van der Waals surface area (Å²) in [5.41, 5.74) is 1.71. The Morgan fingerprint density at radius 2 is 1.79 bits per heavy atom. The molecule has 0 unspecified atom stereocenters. The highest BCUT2D eigenvalue weighted by Gasteiger charge is 2.52. The van der Waals surface area contributed by atoms with Gasteiger partial charge in [0.15, 0.2) is 0 Å². The molecule has 0 spiro atoms. The number of halogens is 2. The lowest BCUT2D eigenvalue weighted by atomic mass is 9.74. The smallest absolute Gasteiger partial charge is 0.329 e. The molecule has 4 atom stereocenters. The van der Waals surface area contributed by atoms with E-state index in [0.717, 1.165) is 24.0 Å². The zero-order valence-corrected chi connectivity index (χ0v) is 20.3. The first-order chi connectivity index (χ1) is 16.3. The molecule has 6 nitrogen and oxygen atoms in total. The molecule has 1 aliphatic carbocycles. The molecule has 2 aromatic rings. The topological polar surface area (TPSA) is 83.9 Å². The van der Waals surface area contributed by atoms with Crippen LogP contribution in [0.3, 0.4) is 0 Å². The molecule has 2 fully saturated rings. The van der Waals surface area contributed by atoms with Crippen LogP contribution in [0, 0.1) is 11.8 Å². The lowest BCUT2D eigenvalue weighted by Gasteiger charge is -2.47. The standard InChI is InChI=1S/C26H27Cl2NO5/c1-2-34-26(33)24(16-6-7-16)29-23(15-8-10-19(27)11-9-15)21(17-4-3-5-20(28)12-17)13-18(25(29)32)14-22(30)31/h3-5,8-12,16,18,21,23-24H,2,6-7,13-14H2,1H3,(H,30,31)/t18-,21-,23-,24+/m1/s1. The predicted molar refractivity (Wildman–Crippen MR) is 129 cm³/mol. The molecular weight excluding hydrogens is 477 g/mol. The van der Waals surface area contributed by atoms with E-state index in [2.05, 4.69) is 0 Å². The van der Waals surface area contributed by atoms with Crippen LogP contribution in [0.2, 0.25) is 10.0 Å². The Kier molecular flexibility index (Phi) is 7.48. The maximum absolute atomic E-state index is 13.8. The average Bonchev–Trinajstić information content (AvgIpc) is 3.62. The van der Waals surface area contributed by atoms with Gasteiger partial charge in [-0.05, 0) is 67.5 Å². The normalized spacial score (nSPS) is 23.4. The fourth-order valence-corrected chi connectivity index (χ4v) is 5.38. The fraction of sp³-hybridized carbons (Fsp3) is 0.423. The van der Waals surface area contributed by atoms with Gasteiger partial charge in [0.2, 0.25) is 5.91 Å². The number of hydrogen-bond donors (Lipinski definition) is 1. The molecule has 2 aliphatic rings. The van der Waals surface area contributed by atoms with Crippen LogP contribution >= 0.6 is 23.2 Å². The van der Waals surface area contributed by atoms with E-state index in [1.54, 1.807) is 30.0 Å². The number of carbonyl (C=O) groups excluding carboxylic acids is 2. The monoisotopic (exact) mass is 503 g/mol. The third kappa shape index (κ3) is 5.23. The second kappa shape index (κ2) is 10.4. The van der Waals surface area contributed by atoms with Gasteiger partial charge in [-0.3, -0.25) is 9.59 Å². The van der Waals surface area contributed by atoms with Crippen molar-refractivity contribution >= 4 is 41.0 Å². The molecule has 1 aliphatic heterocycles. The minimum Gasteiger partial charge on any atom is -0.481 e. The number of benzene rings is 2. The van der Waals surface area contributed by atoms with Crippen molar-refractivity contribution in [1.29, 1.82) is 0 Å². The number of likely N-dealkylation sites (tertiary alicyclic amines) is 1. The van der Waals surface area contributed by atoms with Crippen LogP contribution in [-0.4, -0.2) is 40.5 Å². The Hall–Kier alpha value is -2.57. The third-order valence-electron chi connectivity index (χ3n) is 6.63. The molecule has 0 aromatic heterocycles. The Labute approximate surface area is 208 Å². The van der Waals surface area contributed by atoms with Crippen molar-refractivity contribution < 1.29 is 24.2 Å². The first-order valence-electron chi connectivity index (χ1n) is 11.5. The number of piperidine rings is 1. The summed E-state index contributed by atoms with van der Waals surface area (Å²) in [6, 6.07) is 13.4. The zero-order valence-electron chi connectivity index (χ0n) is 18.8. The molecule has 1 heterocycles. The molecule has 1 N–H and O–H groups in total. The number of carbonyl (C=O) groups is 3. The van der Waals surface area contributed by atoms with Gasteiger partial charge < -0.3 is 14.7 Å². The molecule has 2 aromatic carbocycles. The van der Waals surface area contributed by atoms with E-state index in [4.69, 9.17) is 27.9 Å². The number of esters is 1. The van der Waals surface area contributed by atoms with Crippen LogP contribution in [0.5, 0.6) is 0 Å². The van der Waals surface area contributed by atoms with Crippen molar-refractivity contribution in [3.8, 4) is 0 Å². The van der Waals surface area contributed by atoms with Crippen molar-refractivity contribution in [2.45, 2.75) is 50.6 Å². The fourth-order valence-electron chi connectivity index (χ4n) is 5.05. The van der Waals surface area contributed by atoms with Crippen LogP contribution in [0.1, 0.15) is 55.7 Å². The highest BCUT2D eigenvalue weighted by atomic mass is 35.5. The number of nitrogens with zero attached hydrogens (tertiary/aromatic N) is 1. The Bertz CT molecular complexity index is 1070. The van der Waals surface area contributed by atoms with Crippen LogP contribution in [-0.2, 0) is 19.1 Å².